The quantitative estimate of drug-likeness (QED) is 0.427. The van der Waals surface area contributed by atoms with Crippen molar-refractivity contribution in [1.82, 2.24) is 10.2 Å². The van der Waals surface area contributed by atoms with Crippen molar-refractivity contribution in [3.63, 3.8) is 0 Å². The van der Waals surface area contributed by atoms with Crippen molar-refractivity contribution in [3.05, 3.63) is 29.3 Å². The van der Waals surface area contributed by atoms with E-state index in [1.165, 1.54) is 4.90 Å². The highest BCUT2D eigenvalue weighted by atomic mass is 79.9. The first kappa shape index (κ1) is 25.4. The van der Waals surface area contributed by atoms with E-state index >= 15 is 0 Å². The molecule has 34 heavy (non-hydrogen) atoms. The van der Waals surface area contributed by atoms with Crippen LogP contribution in [0.3, 0.4) is 0 Å². The molecule has 3 saturated heterocycles. The average Bonchev–Trinajstić information content (AvgIpc) is 3.38. The van der Waals surface area contributed by atoms with Crippen LogP contribution < -0.4 is 10.6 Å². The minimum Gasteiger partial charge on any atom is -0.394 e. The van der Waals surface area contributed by atoms with Crippen molar-refractivity contribution in [2.75, 3.05) is 18.5 Å². The standard InChI is InChI=1S/C24H31BrClN3O5/c1-4-9-27-21(31)17-18-23(33)29(16(11-30)12(2)3)20(24(18)10-15(25)19(17)34-24)22(32)28-14-7-5-13(26)6-8-14/h5-8,12,15-20,30H,4,9-11H2,1-3H3,(H,27,31)(H,28,32)/t15?,16-,17-,18-,19-,20?,24?/m0/s1. The highest BCUT2D eigenvalue weighted by Gasteiger charge is 2.77. The van der Waals surface area contributed by atoms with Crippen LogP contribution in [0.4, 0.5) is 5.69 Å². The molecule has 3 N–H and O–H groups in total. The fourth-order valence-electron chi connectivity index (χ4n) is 5.75. The number of alkyl halides is 1. The topological polar surface area (TPSA) is 108 Å². The van der Waals surface area contributed by atoms with E-state index in [0.29, 0.717) is 23.7 Å². The second kappa shape index (κ2) is 9.76. The number of hydrogen-bond acceptors (Lipinski definition) is 5. The Morgan fingerprint density at radius 1 is 1.29 bits per heavy atom. The number of aliphatic hydroxyl groups is 1. The van der Waals surface area contributed by atoms with Gasteiger partial charge in [-0.2, -0.15) is 0 Å². The Hall–Kier alpha value is -1.68. The molecule has 3 fully saturated rings. The highest BCUT2D eigenvalue weighted by Crippen LogP contribution is 2.60. The molecule has 3 amide bonds. The Morgan fingerprint density at radius 2 is 1.97 bits per heavy atom. The number of carbonyl (C=O) groups excluding carboxylic acids is 3. The van der Waals surface area contributed by atoms with Gasteiger partial charge in [-0.25, -0.2) is 0 Å². The Balaban J connectivity index is 1.75. The molecule has 0 radical (unpaired) electrons. The van der Waals surface area contributed by atoms with Gasteiger partial charge >= 0.3 is 0 Å². The Labute approximate surface area is 212 Å². The predicted molar refractivity (Wildman–Crippen MR) is 132 cm³/mol. The van der Waals surface area contributed by atoms with Crippen LogP contribution in [0, 0.1) is 17.8 Å². The summed E-state index contributed by atoms with van der Waals surface area (Å²) in [4.78, 5) is 42.1. The first-order valence-electron chi connectivity index (χ1n) is 11.7. The summed E-state index contributed by atoms with van der Waals surface area (Å²) in [5.74, 6) is -2.58. The molecule has 7 atom stereocenters. The first-order chi connectivity index (χ1) is 16.2. The van der Waals surface area contributed by atoms with Gasteiger partial charge in [0.25, 0.3) is 0 Å². The maximum absolute atomic E-state index is 13.9. The van der Waals surface area contributed by atoms with Crippen LogP contribution in [-0.4, -0.2) is 69.5 Å². The zero-order valence-corrected chi connectivity index (χ0v) is 21.8. The van der Waals surface area contributed by atoms with Crippen LogP contribution in [0.2, 0.25) is 5.02 Å². The normalized spacial score (nSPS) is 32.7. The fourth-order valence-corrected chi connectivity index (χ4v) is 6.82. The van der Waals surface area contributed by atoms with Gasteiger partial charge < -0.3 is 25.4 Å². The van der Waals surface area contributed by atoms with Gasteiger partial charge in [0.1, 0.15) is 11.6 Å². The third kappa shape index (κ3) is 4.04. The number of ether oxygens (including phenoxy) is 1. The summed E-state index contributed by atoms with van der Waals surface area (Å²) >= 11 is 9.62. The Morgan fingerprint density at radius 3 is 2.56 bits per heavy atom. The number of nitrogens with one attached hydrogen (secondary N) is 2. The van der Waals surface area contributed by atoms with Crippen LogP contribution in [-0.2, 0) is 19.1 Å². The van der Waals surface area contributed by atoms with E-state index in [9.17, 15) is 19.5 Å². The van der Waals surface area contributed by atoms with E-state index in [4.69, 9.17) is 16.3 Å². The number of halogens is 2. The second-order valence-corrected chi connectivity index (χ2v) is 11.3. The zero-order chi connectivity index (χ0) is 24.8. The Kier molecular flexibility index (Phi) is 7.29. The molecule has 1 aromatic rings. The number of aliphatic hydroxyl groups excluding tert-OH is 1. The van der Waals surface area contributed by atoms with Crippen molar-refractivity contribution >= 4 is 50.9 Å². The van der Waals surface area contributed by atoms with Gasteiger partial charge in [-0.3, -0.25) is 14.4 Å². The number of benzene rings is 1. The molecule has 0 aromatic heterocycles. The zero-order valence-electron chi connectivity index (χ0n) is 19.5. The number of rotatable bonds is 8. The number of hydrogen-bond donors (Lipinski definition) is 3. The summed E-state index contributed by atoms with van der Waals surface area (Å²) in [7, 11) is 0. The summed E-state index contributed by atoms with van der Waals surface area (Å²) < 4.78 is 6.44. The van der Waals surface area contributed by atoms with Gasteiger partial charge in [0, 0.05) is 22.1 Å². The Bertz CT molecular complexity index is 960. The number of nitrogens with zero attached hydrogens (tertiary/aromatic N) is 1. The maximum atomic E-state index is 13.9. The monoisotopic (exact) mass is 555 g/mol. The summed E-state index contributed by atoms with van der Waals surface area (Å²) in [5.41, 5.74) is -0.630. The molecule has 1 spiro atoms. The molecular weight excluding hydrogens is 526 g/mol. The van der Waals surface area contributed by atoms with E-state index in [1.54, 1.807) is 24.3 Å². The van der Waals surface area contributed by atoms with Crippen LogP contribution in [0.1, 0.15) is 33.6 Å². The highest BCUT2D eigenvalue weighted by molar-refractivity contribution is 9.09. The van der Waals surface area contributed by atoms with Gasteiger partial charge in [0.05, 0.1) is 30.6 Å². The maximum Gasteiger partial charge on any atom is 0.250 e. The van der Waals surface area contributed by atoms with Gasteiger partial charge in [-0.15, -0.1) is 0 Å². The summed E-state index contributed by atoms with van der Waals surface area (Å²) in [6.07, 6.45) is 0.672. The number of anilines is 1. The number of carbonyl (C=O) groups is 3. The molecule has 2 bridgehead atoms. The lowest BCUT2D eigenvalue weighted by atomic mass is 9.70. The first-order valence-corrected chi connectivity index (χ1v) is 13.0. The molecule has 1 aromatic carbocycles. The van der Waals surface area contributed by atoms with Gasteiger partial charge in [0.2, 0.25) is 17.7 Å². The lowest BCUT2D eigenvalue weighted by Gasteiger charge is -2.38. The van der Waals surface area contributed by atoms with Gasteiger partial charge in [-0.1, -0.05) is 48.3 Å². The van der Waals surface area contributed by atoms with Crippen molar-refractivity contribution in [2.24, 2.45) is 17.8 Å². The molecular formula is C24H31BrClN3O5. The molecule has 3 aliphatic heterocycles. The number of likely N-dealkylation sites (tertiary alicyclic amines) is 1. The lowest BCUT2D eigenvalue weighted by Crippen LogP contribution is -2.57. The number of fused-ring (bicyclic) bond motifs is 1. The molecule has 10 heteroatoms. The van der Waals surface area contributed by atoms with E-state index in [0.717, 1.165) is 6.42 Å². The molecule has 3 heterocycles. The molecule has 186 valence electrons. The smallest absolute Gasteiger partial charge is 0.250 e. The van der Waals surface area contributed by atoms with Crippen molar-refractivity contribution in [1.29, 1.82) is 0 Å². The molecule has 3 unspecified atom stereocenters. The second-order valence-electron chi connectivity index (χ2n) is 9.69. The number of amides is 3. The van der Waals surface area contributed by atoms with Gasteiger partial charge in [-0.05, 0) is 43.0 Å². The average molecular weight is 557 g/mol. The minimum absolute atomic E-state index is 0.112. The van der Waals surface area contributed by atoms with Crippen LogP contribution >= 0.6 is 27.5 Å². The van der Waals surface area contributed by atoms with E-state index in [1.807, 2.05) is 20.8 Å². The van der Waals surface area contributed by atoms with Crippen molar-refractivity contribution in [2.45, 2.75) is 62.2 Å². The van der Waals surface area contributed by atoms with Crippen LogP contribution in [0.15, 0.2) is 24.3 Å². The minimum atomic E-state index is -1.16. The third-order valence-electron chi connectivity index (χ3n) is 7.25. The summed E-state index contributed by atoms with van der Waals surface area (Å²) in [6, 6.07) is 5.12. The summed E-state index contributed by atoms with van der Waals surface area (Å²) in [5, 5.41) is 16.5. The largest absolute Gasteiger partial charge is 0.394 e. The lowest BCUT2D eigenvalue weighted by molar-refractivity contribution is -0.145. The molecule has 0 saturated carbocycles. The van der Waals surface area contributed by atoms with Crippen LogP contribution in [0.25, 0.3) is 0 Å². The molecule has 8 nitrogen and oxygen atoms in total. The summed E-state index contributed by atoms with van der Waals surface area (Å²) in [6.45, 7) is 5.94. The van der Waals surface area contributed by atoms with Crippen LogP contribution in [0.5, 0.6) is 0 Å². The molecule has 3 aliphatic rings. The van der Waals surface area contributed by atoms with E-state index in [-0.39, 0.29) is 29.2 Å². The third-order valence-corrected chi connectivity index (χ3v) is 8.35. The molecule has 4 rings (SSSR count). The van der Waals surface area contributed by atoms with Crippen molar-refractivity contribution in [3.8, 4) is 0 Å². The predicted octanol–water partition coefficient (Wildman–Crippen LogP) is 2.57. The molecule has 0 aliphatic carbocycles. The SMILES string of the molecule is CCCNC(=O)[C@H]1[C@H]2C(=O)N([C@@H](CO)C(C)C)C(C(=O)Nc3ccc(Cl)cc3)C23CC(Br)[C@@H]1O3. The van der Waals surface area contributed by atoms with E-state index in [2.05, 4.69) is 26.6 Å². The van der Waals surface area contributed by atoms with Gasteiger partial charge in [0.15, 0.2) is 0 Å². The van der Waals surface area contributed by atoms with Crippen molar-refractivity contribution < 1.29 is 24.2 Å². The van der Waals surface area contributed by atoms with E-state index < -0.39 is 41.5 Å². The fraction of sp³-hybridized carbons (Fsp3) is 0.625.